The second kappa shape index (κ2) is 8.28. The number of pyridine rings is 1. The van der Waals surface area contributed by atoms with Crippen LogP contribution < -0.4 is 4.74 Å². The highest BCUT2D eigenvalue weighted by Gasteiger charge is 2.64. The number of ether oxygens (including phenoxy) is 1. The molecule has 0 radical (unpaired) electrons. The number of rotatable bonds is 7. The van der Waals surface area contributed by atoms with Gasteiger partial charge in [-0.2, -0.15) is 0 Å². The maximum Gasteiger partial charge on any atom is 0.307 e. The van der Waals surface area contributed by atoms with Gasteiger partial charge in [-0.1, -0.05) is 49.7 Å². The Bertz CT molecular complexity index is 1350. The van der Waals surface area contributed by atoms with Gasteiger partial charge in [0.2, 0.25) is 0 Å². The molecule has 34 heavy (non-hydrogen) atoms. The summed E-state index contributed by atoms with van der Waals surface area (Å²) < 4.78 is 8.21. The lowest BCUT2D eigenvalue weighted by Gasteiger charge is -2.12. The molecule has 0 saturated heterocycles. The van der Waals surface area contributed by atoms with Gasteiger partial charge in [0.1, 0.15) is 18.2 Å². The number of carboxylic acid groups (broad SMARTS) is 1. The number of aliphatic carboxylic acids is 1. The summed E-state index contributed by atoms with van der Waals surface area (Å²) in [6.45, 7) is 9.09. The Balaban J connectivity index is 1.52. The summed E-state index contributed by atoms with van der Waals surface area (Å²) in [6.07, 6.45) is 1.83. The summed E-state index contributed by atoms with van der Waals surface area (Å²) in [5.41, 5.74) is 5.77. The molecule has 0 amide bonds. The first-order valence-electron chi connectivity index (χ1n) is 11.6. The smallest absolute Gasteiger partial charge is 0.307 e. The number of aromatic nitrogens is 3. The van der Waals surface area contributed by atoms with Gasteiger partial charge in [-0.05, 0) is 48.6 Å². The molecule has 2 aromatic heterocycles. The monoisotopic (exact) mass is 455 g/mol. The molecule has 2 aromatic carbocycles. The summed E-state index contributed by atoms with van der Waals surface area (Å²) in [4.78, 5) is 21.2. The summed E-state index contributed by atoms with van der Waals surface area (Å²) >= 11 is 0. The van der Waals surface area contributed by atoms with Gasteiger partial charge in [0.05, 0.1) is 22.6 Å². The molecule has 2 atom stereocenters. The van der Waals surface area contributed by atoms with Crippen molar-refractivity contribution in [1.82, 2.24) is 14.5 Å². The quantitative estimate of drug-likeness (QED) is 0.398. The molecule has 4 aromatic rings. The Kier molecular flexibility index (Phi) is 5.39. The molecule has 1 aliphatic rings. The molecule has 0 spiro atoms. The molecule has 1 N–H and O–H groups in total. The van der Waals surface area contributed by atoms with E-state index in [2.05, 4.69) is 40.7 Å². The van der Waals surface area contributed by atoms with E-state index >= 15 is 0 Å². The van der Waals surface area contributed by atoms with Gasteiger partial charge in [0.25, 0.3) is 0 Å². The molecule has 5 rings (SSSR count). The number of hydrogen-bond donors (Lipinski definition) is 1. The van der Waals surface area contributed by atoms with E-state index in [4.69, 9.17) is 9.72 Å². The molecule has 6 nitrogen and oxygen atoms in total. The molecule has 1 saturated carbocycles. The summed E-state index contributed by atoms with van der Waals surface area (Å²) in [6, 6.07) is 18.3. The standard InChI is InChI=1S/C28H29N3O3/c1-17-5-8-19(9-6-17)15-31-23-13-21(34-16-20-10-7-18(2)14-29-20)11-12-22(23)30-26(31)24-25(27(32)33)28(24,3)4/h5-14,24-25H,15-16H2,1-4H3,(H,32,33)/t24-,25+/m1/s1. The SMILES string of the molecule is Cc1ccc(Cn2c([C@H]3[C@@H](C(=O)O)C3(C)C)nc3ccc(OCc4ccc(C)cn4)cc32)cc1. The number of carboxylic acids is 1. The van der Waals surface area contributed by atoms with E-state index in [-0.39, 0.29) is 11.3 Å². The van der Waals surface area contributed by atoms with Crippen molar-refractivity contribution < 1.29 is 14.6 Å². The first-order chi connectivity index (χ1) is 16.2. The van der Waals surface area contributed by atoms with Gasteiger partial charge in [-0.3, -0.25) is 9.78 Å². The van der Waals surface area contributed by atoms with Crippen LogP contribution in [0, 0.1) is 25.2 Å². The fourth-order valence-electron chi connectivity index (χ4n) is 4.81. The van der Waals surface area contributed by atoms with E-state index in [1.54, 1.807) is 0 Å². The number of fused-ring (bicyclic) bond motifs is 1. The zero-order chi connectivity index (χ0) is 24.0. The van der Waals surface area contributed by atoms with Crippen LogP contribution in [0.15, 0.2) is 60.8 Å². The fraction of sp³-hybridized carbons (Fsp3) is 0.321. The van der Waals surface area contributed by atoms with Crippen LogP contribution in [0.1, 0.15) is 48.0 Å². The number of benzene rings is 2. The molecular formula is C28H29N3O3. The van der Waals surface area contributed by atoms with E-state index in [0.29, 0.717) is 13.2 Å². The van der Waals surface area contributed by atoms with Crippen molar-refractivity contribution in [2.75, 3.05) is 0 Å². The highest BCUT2D eigenvalue weighted by atomic mass is 16.5. The lowest BCUT2D eigenvalue weighted by Crippen LogP contribution is -2.07. The molecule has 0 unspecified atom stereocenters. The average Bonchev–Trinajstić information content (AvgIpc) is 3.22. The van der Waals surface area contributed by atoms with Gasteiger partial charge in [-0.25, -0.2) is 4.98 Å². The number of imidazole rings is 1. The maximum absolute atomic E-state index is 11.9. The van der Waals surface area contributed by atoms with E-state index < -0.39 is 11.9 Å². The third-order valence-corrected chi connectivity index (χ3v) is 6.94. The van der Waals surface area contributed by atoms with E-state index in [1.807, 2.05) is 57.3 Å². The average molecular weight is 456 g/mol. The van der Waals surface area contributed by atoms with Crippen LogP contribution in [0.4, 0.5) is 0 Å². The lowest BCUT2D eigenvalue weighted by molar-refractivity contribution is -0.139. The van der Waals surface area contributed by atoms with Crippen LogP contribution >= 0.6 is 0 Å². The van der Waals surface area contributed by atoms with Crippen LogP contribution in [0.2, 0.25) is 0 Å². The molecule has 6 heteroatoms. The Morgan fingerprint density at radius 3 is 2.44 bits per heavy atom. The fourth-order valence-corrected chi connectivity index (χ4v) is 4.81. The number of hydrogen-bond acceptors (Lipinski definition) is 4. The van der Waals surface area contributed by atoms with Crippen molar-refractivity contribution in [2.45, 2.75) is 46.8 Å². The van der Waals surface area contributed by atoms with E-state index in [0.717, 1.165) is 39.4 Å². The predicted molar refractivity (Wildman–Crippen MR) is 131 cm³/mol. The molecule has 174 valence electrons. The van der Waals surface area contributed by atoms with Crippen LogP contribution in [0.3, 0.4) is 0 Å². The van der Waals surface area contributed by atoms with Crippen LogP contribution in [0.25, 0.3) is 11.0 Å². The molecule has 0 bridgehead atoms. The Morgan fingerprint density at radius 1 is 1.06 bits per heavy atom. The molecule has 1 fully saturated rings. The third-order valence-electron chi connectivity index (χ3n) is 6.94. The highest BCUT2D eigenvalue weighted by molar-refractivity contribution is 5.81. The van der Waals surface area contributed by atoms with Gasteiger partial charge in [-0.15, -0.1) is 0 Å². The van der Waals surface area contributed by atoms with Crippen molar-refractivity contribution in [3.05, 3.63) is 89.0 Å². The molecule has 0 aliphatic heterocycles. The van der Waals surface area contributed by atoms with Crippen molar-refractivity contribution in [3.63, 3.8) is 0 Å². The summed E-state index contributed by atoms with van der Waals surface area (Å²) in [7, 11) is 0. The zero-order valence-corrected chi connectivity index (χ0v) is 19.9. The minimum absolute atomic E-state index is 0.135. The van der Waals surface area contributed by atoms with E-state index in [1.165, 1.54) is 5.56 Å². The van der Waals surface area contributed by atoms with Gasteiger partial charge >= 0.3 is 5.97 Å². The number of carbonyl (C=O) groups is 1. The van der Waals surface area contributed by atoms with Gasteiger partial charge in [0.15, 0.2) is 0 Å². The zero-order valence-electron chi connectivity index (χ0n) is 19.9. The van der Waals surface area contributed by atoms with Crippen molar-refractivity contribution >= 4 is 17.0 Å². The van der Waals surface area contributed by atoms with Crippen LogP contribution in [-0.4, -0.2) is 25.6 Å². The number of nitrogens with zero attached hydrogens (tertiary/aromatic N) is 3. The van der Waals surface area contributed by atoms with Crippen LogP contribution in [0.5, 0.6) is 5.75 Å². The Morgan fingerprint density at radius 2 is 1.79 bits per heavy atom. The van der Waals surface area contributed by atoms with E-state index in [9.17, 15) is 9.90 Å². The van der Waals surface area contributed by atoms with Gasteiger partial charge in [0, 0.05) is 24.7 Å². The minimum Gasteiger partial charge on any atom is -0.487 e. The maximum atomic E-state index is 11.9. The lowest BCUT2D eigenvalue weighted by atomic mass is 10.1. The van der Waals surface area contributed by atoms with Crippen molar-refractivity contribution in [1.29, 1.82) is 0 Å². The minimum atomic E-state index is -0.765. The Labute approximate surface area is 199 Å². The molecular weight excluding hydrogens is 426 g/mol. The first-order valence-corrected chi connectivity index (χ1v) is 11.6. The van der Waals surface area contributed by atoms with Crippen LogP contribution in [-0.2, 0) is 17.9 Å². The summed E-state index contributed by atoms with van der Waals surface area (Å²) in [5, 5.41) is 9.78. The largest absolute Gasteiger partial charge is 0.487 e. The molecule has 1 aliphatic carbocycles. The summed E-state index contributed by atoms with van der Waals surface area (Å²) in [5.74, 6) is 0.216. The first kappa shape index (κ1) is 22.1. The van der Waals surface area contributed by atoms with Crippen molar-refractivity contribution in [2.24, 2.45) is 11.3 Å². The second-order valence-electron chi connectivity index (χ2n) is 9.92. The third kappa shape index (κ3) is 4.04. The topological polar surface area (TPSA) is 77.2 Å². The molecule has 2 heterocycles. The van der Waals surface area contributed by atoms with Crippen molar-refractivity contribution in [3.8, 4) is 5.75 Å². The second-order valence-corrected chi connectivity index (χ2v) is 9.92. The highest BCUT2D eigenvalue weighted by Crippen LogP contribution is 2.64. The normalized spacial score (nSPS) is 18.7. The number of aryl methyl sites for hydroxylation is 2. The Hall–Kier alpha value is -3.67. The predicted octanol–water partition coefficient (Wildman–Crippen LogP) is 5.50. The van der Waals surface area contributed by atoms with Gasteiger partial charge < -0.3 is 14.4 Å².